The Kier molecular flexibility index (Phi) is 1.74. The number of imide groups is 1. The molecule has 2 unspecified atom stereocenters. The average molecular weight is 239 g/mol. The van der Waals surface area contributed by atoms with Gasteiger partial charge in [0.2, 0.25) is 11.8 Å². The molecule has 1 heterocycles. The van der Waals surface area contributed by atoms with E-state index in [4.69, 9.17) is 0 Å². The summed E-state index contributed by atoms with van der Waals surface area (Å²) in [6.07, 6.45) is 0. The number of carbonyl (C=O) groups excluding carboxylic acids is 2. The van der Waals surface area contributed by atoms with Gasteiger partial charge in [-0.05, 0) is 0 Å². The third-order valence-corrected chi connectivity index (χ3v) is 2.99. The van der Waals surface area contributed by atoms with E-state index in [1.165, 1.54) is 0 Å². The lowest BCUT2D eigenvalue weighted by molar-refractivity contribution is -0.125. The Morgan fingerprint density at radius 1 is 1.44 bits per heavy atom. The minimum Gasteiger partial charge on any atom is -0.295 e. The van der Waals surface area contributed by atoms with Crippen LogP contribution < -0.4 is 5.32 Å². The number of hydrogen-bond donors (Lipinski definition) is 1. The van der Waals surface area contributed by atoms with E-state index in [0.717, 1.165) is 0 Å². The van der Waals surface area contributed by atoms with Gasteiger partial charge in [-0.15, -0.1) is 0 Å². The van der Waals surface area contributed by atoms with E-state index in [0.29, 0.717) is 0 Å². The maximum Gasteiger partial charge on any atom is 0.240 e. The third-order valence-electron chi connectivity index (χ3n) is 1.35. The molecule has 0 aromatic heterocycles. The molecule has 2 amide bonds. The van der Waals surface area contributed by atoms with E-state index >= 15 is 0 Å². The number of carbonyl (C=O) groups is 2. The minimum absolute atomic E-state index is 0.153. The lowest BCUT2D eigenvalue weighted by atomic mass is 10.1. The zero-order valence-electron chi connectivity index (χ0n) is 4.85. The van der Waals surface area contributed by atoms with Gasteiger partial charge in [-0.3, -0.25) is 14.9 Å². The molecule has 2 atom stereocenters. The molecule has 1 saturated heterocycles. The molecule has 9 heavy (non-hydrogen) atoms. The summed E-state index contributed by atoms with van der Waals surface area (Å²) in [5, 5.41) is 2.23. The van der Waals surface area contributed by atoms with Gasteiger partial charge in [0.15, 0.2) is 0 Å². The summed E-state index contributed by atoms with van der Waals surface area (Å²) < 4.78 is -0.171. The molecule has 1 rings (SSSR count). The van der Waals surface area contributed by atoms with Crippen LogP contribution in [0.2, 0.25) is 0 Å². The largest absolute Gasteiger partial charge is 0.295 e. The first-order valence-corrected chi connectivity index (χ1v) is 3.86. The Hall–Kier alpha value is -0.130. The van der Waals surface area contributed by atoms with Gasteiger partial charge in [-0.25, -0.2) is 0 Å². The Labute approximate surface area is 66.3 Å². The molecule has 0 spiro atoms. The molecule has 1 N–H and O–H groups in total. The fourth-order valence-electron chi connectivity index (χ4n) is 0.664. The SMILES string of the molecule is CC1C(=O)NC(=O)C1I. The molecule has 1 aliphatic rings. The molecule has 0 bridgehead atoms. The second kappa shape index (κ2) is 2.24. The molecule has 0 radical (unpaired) electrons. The molecular formula is C5H6INO2. The van der Waals surface area contributed by atoms with Crippen LogP contribution >= 0.6 is 22.6 Å². The fourth-order valence-corrected chi connectivity index (χ4v) is 1.15. The van der Waals surface area contributed by atoms with E-state index in [2.05, 4.69) is 5.32 Å². The van der Waals surface area contributed by atoms with Crippen LogP contribution in [0.5, 0.6) is 0 Å². The number of nitrogens with one attached hydrogen (secondary N) is 1. The number of rotatable bonds is 0. The van der Waals surface area contributed by atoms with Crippen LogP contribution in [0.3, 0.4) is 0 Å². The molecule has 3 nitrogen and oxygen atoms in total. The van der Waals surface area contributed by atoms with Crippen molar-refractivity contribution in [1.82, 2.24) is 5.32 Å². The first-order valence-electron chi connectivity index (χ1n) is 2.61. The van der Waals surface area contributed by atoms with Crippen LogP contribution in [0, 0.1) is 5.92 Å². The van der Waals surface area contributed by atoms with Crippen LogP contribution in [0.1, 0.15) is 6.92 Å². The molecule has 0 aromatic rings. The predicted molar refractivity (Wildman–Crippen MR) is 40.1 cm³/mol. The van der Waals surface area contributed by atoms with Gasteiger partial charge in [0.05, 0.1) is 5.92 Å². The zero-order chi connectivity index (χ0) is 7.02. The standard InChI is InChI=1S/C5H6INO2/c1-2-3(6)5(9)7-4(2)8/h2-3H,1H3,(H,7,8,9). The van der Waals surface area contributed by atoms with Crippen LogP contribution in [-0.2, 0) is 9.59 Å². The van der Waals surface area contributed by atoms with Crippen molar-refractivity contribution >= 4 is 34.4 Å². The molecule has 50 valence electrons. The third kappa shape index (κ3) is 1.08. The second-order valence-corrected chi connectivity index (χ2v) is 3.39. The van der Waals surface area contributed by atoms with Gasteiger partial charge in [0.1, 0.15) is 3.92 Å². The lowest BCUT2D eigenvalue weighted by Gasteiger charge is -1.97. The highest BCUT2D eigenvalue weighted by molar-refractivity contribution is 14.1. The highest BCUT2D eigenvalue weighted by Gasteiger charge is 2.35. The summed E-state index contributed by atoms with van der Waals surface area (Å²) >= 11 is 1.97. The van der Waals surface area contributed by atoms with Crippen molar-refractivity contribution in [3.05, 3.63) is 0 Å². The van der Waals surface area contributed by atoms with E-state index < -0.39 is 0 Å². The smallest absolute Gasteiger partial charge is 0.240 e. The maximum absolute atomic E-state index is 10.7. The molecule has 1 fully saturated rings. The van der Waals surface area contributed by atoms with Crippen molar-refractivity contribution in [3.8, 4) is 0 Å². The fraction of sp³-hybridized carbons (Fsp3) is 0.600. The van der Waals surface area contributed by atoms with Crippen LogP contribution in [0.25, 0.3) is 0 Å². The average Bonchev–Trinajstić information content (AvgIpc) is 1.98. The summed E-state index contributed by atoms with van der Waals surface area (Å²) in [4.78, 5) is 21.3. The van der Waals surface area contributed by atoms with Crippen molar-refractivity contribution < 1.29 is 9.59 Å². The van der Waals surface area contributed by atoms with E-state index in [-0.39, 0.29) is 21.7 Å². The summed E-state index contributed by atoms with van der Waals surface area (Å²) in [6, 6.07) is 0. The van der Waals surface area contributed by atoms with E-state index in [1.807, 2.05) is 22.6 Å². The number of alkyl halides is 1. The summed E-state index contributed by atoms with van der Waals surface area (Å²) in [5.74, 6) is -0.467. The van der Waals surface area contributed by atoms with Gasteiger partial charge in [0.25, 0.3) is 0 Å². The van der Waals surface area contributed by atoms with Crippen LogP contribution in [-0.4, -0.2) is 15.7 Å². The topological polar surface area (TPSA) is 46.2 Å². The molecule has 4 heteroatoms. The van der Waals surface area contributed by atoms with Crippen molar-refractivity contribution in [3.63, 3.8) is 0 Å². The van der Waals surface area contributed by atoms with Crippen LogP contribution in [0.4, 0.5) is 0 Å². The van der Waals surface area contributed by atoms with Crippen molar-refractivity contribution in [2.45, 2.75) is 10.8 Å². The predicted octanol–water partition coefficient (Wildman–Crippen LogP) is 0.0825. The Morgan fingerprint density at radius 3 is 2.11 bits per heavy atom. The summed E-state index contributed by atoms with van der Waals surface area (Å²) in [7, 11) is 0. The Balaban J connectivity index is 2.77. The van der Waals surface area contributed by atoms with Crippen molar-refractivity contribution in [1.29, 1.82) is 0 Å². The van der Waals surface area contributed by atoms with Gasteiger partial charge < -0.3 is 0 Å². The summed E-state index contributed by atoms with van der Waals surface area (Å²) in [6.45, 7) is 1.75. The zero-order valence-corrected chi connectivity index (χ0v) is 7.01. The number of halogens is 1. The van der Waals surface area contributed by atoms with Gasteiger partial charge >= 0.3 is 0 Å². The Morgan fingerprint density at radius 2 is 2.00 bits per heavy atom. The van der Waals surface area contributed by atoms with E-state index in [9.17, 15) is 9.59 Å². The van der Waals surface area contributed by atoms with Crippen molar-refractivity contribution in [2.24, 2.45) is 5.92 Å². The molecular weight excluding hydrogens is 233 g/mol. The molecule has 0 aromatic carbocycles. The lowest BCUT2D eigenvalue weighted by Crippen LogP contribution is -2.21. The minimum atomic E-state index is -0.171. The quantitative estimate of drug-likeness (QED) is 0.369. The Bertz CT molecular complexity index is 150. The van der Waals surface area contributed by atoms with E-state index in [1.54, 1.807) is 6.92 Å². The number of amides is 2. The number of hydrogen-bond acceptors (Lipinski definition) is 2. The normalized spacial score (nSPS) is 34.9. The van der Waals surface area contributed by atoms with Gasteiger partial charge in [0, 0.05) is 0 Å². The molecule has 0 saturated carbocycles. The van der Waals surface area contributed by atoms with Gasteiger partial charge in [-0.1, -0.05) is 29.5 Å². The highest BCUT2D eigenvalue weighted by Crippen LogP contribution is 2.18. The second-order valence-electron chi connectivity index (χ2n) is 2.04. The summed E-state index contributed by atoms with van der Waals surface area (Å²) in [5.41, 5.74) is 0. The van der Waals surface area contributed by atoms with Gasteiger partial charge in [-0.2, -0.15) is 0 Å². The monoisotopic (exact) mass is 239 g/mol. The first-order chi connectivity index (χ1) is 4.13. The van der Waals surface area contributed by atoms with Crippen LogP contribution in [0.15, 0.2) is 0 Å². The maximum atomic E-state index is 10.7. The molecule has 1 aliphatic heterocycles. The van der Waals surface area contributed by atoms with Crippen molar-refractivity contribution in [2.75, 3.05) is 0 Å². The first kappa shape index (κ1) is 6.98. The highest BCUT2D eigenvalue weighted by atomic mass is 127. The molecule has 0 aliphatic carbocycles.